The molecule has 1 atom stereocenters. The molecule has 0 spiro atoms. The number of hydrogen-bond acceptors (Lipinski definition) is 4. The van der Waals surface area contributed by atoms with E-state index >= 15 is 0 Å². The van der Waals surface area contributed by atoms with Crippen molar-refractivity contribution < 1.29 is 9.47 Å². The molecular weight excluding hydrogens is 204 g/mol. The van der Waals surface area contributed by atoms with Crippen molar-refractivity contribution >= 4 is 0 Å². The minimum Gasteiger partial charge on any atom is -0.478 e. The van der Waals surface area contributed by atoms with Crippen molar-refractivity contribution in [1.82, 2.24) is 10.3 Å². The van der Waals surface area contributed by atoms with Crippen molar-refractivity contribution in [3.63, 3.8) is 0 Å². The number of pyridine rings is 1. The summed E-state index contributed by atoms with van der Waals surface area (Å²) in [5.41, 5.74) is 0. The minimum absolute atomic E-state index is 0.470. The van der Waals surface area contributed by atoms with Gasteiger partial charge in [-0.05, 0) is 26.3 Å². The standard InChI is InChI=1S/C12H18N2O2/c1-2-15-11-6-3-7-12(14-11)16-9-10-5-4-8-13-10/h3,6-7,10,13H,2,4-5,8-9H2,1H3. The number of rotatable bonds is 5. The molecule has 4 heteroatoms. The van der Waals surface area contributed by atoms with Crippen LogP contribution in [0.1, 0.15) is 19.8 Å². The first kappa shape index (κ1) is 11.2. The highest BCUT2D eigenvalue weighted by Gasteiger charge is 2.14. The van der Waals surface area contributed by atoms with E-state index in [9.17, 15) is 0 Å². The lowest BCUT2D eigenvalue weighted by molar-refractivity contribution is 0.259. The number of nitrogens with zero attached hydrogens (tertiary/aromatic N) is 1. The number of aromatic nitrogens is 1. The SMILES string of the molecule is CCOc1cccc(OCC2CCCN2)n1. The summed E-state index contributed by atoms with van der Waals surface area (Å²) in [5.74, 6) is 1.26. The van der Waals surface area contributed by atoms with Crippen molar-refractivity contribution in [1.29, 1.82) is 0 Å². The van der Waals surface area contributed by atoms with Crippen LogP contribution in [0, 0.1) is 0 Å². The molecule has 1 N–H and O–H groups in total. The fourth-order valence-electron chi connectivity index (χ4n) is 1.79. The van der Waals surface area contributed by atoms with Gasteiger partial charge in [-0.3, -0.25) is 0 Å². The van der Waals surface area contributed by atoms with E-state index in [0.717, 1.165) is 6.54 Å². The Hall–Kier alpha value is -1.29. The van der Waals surface area contributed by atoms with Crippen LogP contribution in [0.3, 0.4) is 0 Å². The van der Waals surface area contributed by atoms with Gasteiger partial charge in [-0.25, -0.2) is 0 Å². The first-order valence-electron chi connectivity index (χ1n) is 5.84. The molecule has 0 radical (unpaired) electrons. The molecule has 0 amide bonds. The Morgan fingerprint density at radius 3 is 2.88 bits per heavy atom. The van der Waals surface area contributed by atoms with Crippen LogP contribution in [0.4, 0.5) is 0 Å². The third-order valence-electron chi connectivity index (χ3n) is 2.58. The first-order valence-corrected chi connectivity index (χ1v) is 5.84. The van der Waals surface area contributed by atoms with Gasteiger partial charge in [-0.15, -0.1) is 0 Å². The highest BCUT2D eigenvalue weighted by Crippen LogP contribution is 2.14. The molecule has 1 aliphatic heterocycles. The van der Waals surface area contributed by atoms with Crippen molar-refractivity contribution in [2.45, 2.75) is 25.8 Å². The monoisotopic (exact) mass is 222 g/mol. The molecule has 2 heterocycles. The molecule has 0 saturated carbocycles. The van der Waals surface area contributed by atoms with Gasteiger partial charge in [-0.2, -0.15) is 4.98 Å². The average molecular weight is 222 g/mol. The fourth-order valence-corrected chi connectivity index (χ4v) is 1.79. The predicted octanol–water partition coefficient (Wildman–Crippen LogP) is 1.61. The van der Waals surface area contributed by atoms with E-state index in [1.54, 1.807) is 0 Å². The largest absolute Gasteiger partial charge is 0.478 e. The lowest BCUT2D eigenvalue weighted by atomic mass is 10.2. The quantitative estimate of drug-likeness (QED) is 0.822. The third kappa shape index (κ3) is 3.10. The molecule has 88 valence electrons. The summed E-state index contributed by atoms with van der Waals surface area (Å²) in [5, 5.41) is 3.38. The van der Waals surface area contributed by atoms with Gasteiger partial charge in [0.2, 0.25) is 11.8 Å². The Kier molecular flexibility index (Phi) is 3.99. The topological polar surface area (TPSA) is 43.4 Å². The highest BCUT2D eigenvalue weighted by molar-refractivity contribution is 5.19. The zero-order chi connectivity index (χ0) is 11.2. The van der Waals surface area contributed by atoms with E-state index in [2.05, 4.69) is 10.3 Å². The van der Waals surface area contributed by atoms with Crippen LogP contribution in [0.15, 0.2) is 18.2 Å². The molecular formula is C12H18N2O2. The van der Waals surface area contributed by atoms with Crippen LogP contribution in [0.5, 0.6) is 11.8 Å². The van der Waals surface area contributed by atoms with Crippen LogP contribution in [0.25, 0.3) is 0 Å². The summed E-state index contributed by atoms with van der Waals surface area (Å²) in [6.45, 7) is 4.35. The molecule has 1 aromatic rings. The summed E-state index contributed by atoms with van der Waals surface area (Å²) in [7, 11) is 0. The molecule has 1 unspecified atom stereocenters. The molecule has 0 bridgehead atoms. The van der Waals surface area contributed by atoms with Gasteiger partial charge in [0.15, 0.2) is 0 Å². The van der Waals surface area contributed by atoms with Crippen molar-refractivity contribution in [3.8, 4) is 11.8 Å². The second-order valence-corrected chi connectivity index (χ2v) is 3.85. The number of ether oxygens (including phenoxy) is 2. The zero-order valence-electron chi connectivity index (χ0n) is 9.61. The Morgan fingerprint density at radius 1 is 1.38 bits per heavy atom. The molecule has 1 aliphatic rings. The lowest BCUT2D eigenvalue weighted by Crippen LogP contribution is -2.28. The first-order chi connectivity index (χ1) is 7.88. The Labute approximate surface area is 96.0 Å². The lowest BCUT2D eigenvalue weighted by Gasteiger charge is -2.11. The van der Waals surface area contributed by atoms with Gasteiger partial charge in [0.1, 0.15) is 6.61 Å². The normalized spacial score (nSPS) is 19.7. The van der Waals surface area contributed by atoms with Crippen molar-refractivity contribution in [3.05, 3.63) is 18.2 Å². The molecule has 16 heavy (non-hydrogen) atoms. The molecule has 0 aromatic carbocycles. The van der Waals surface area contributed by atoms with Gasteiger partial charge in [0, 0.05) is 18.2 Å². The van der Waals surface area contributed by atoms with E-state index in [4.69, 9.17) is 9.47 Å². The van der Waals surface area contributed by atoms with E-state index in [1.807, 2.05) is 25.1 Å². The smallest absolute Gasteiger partial charge is 0.216 e. The van der Waals surface area contributed by atoms with Crippen molar-refractivity contribution in [2.75, 3.05) is 19.8 Å². The number of nitrogens with one attached hydrogen (secondary N) is 1. The van der Waals surface area contributed by atoms with Gasteiger partial charge >= 0.3 is 0 Å². The van der Waals surface area contributed by atoms with E-state index < -0.39 is 0 Å². The summed E-state index contributed by atoms with van der Waals surface area (Å²) in [6.07, 6.45) is 2.42. The van der Waals surface area contributed by atoms with Crippen LogP contribution in [-0.4, -0.2) is 30.8 Å². The summed E-state index contributed by atoms with van der Waals surface area (Å²) in [6, 6.07) is 6.06. The number of hydrogen-bond donors (Lipinski definition) is 1. The van der Waals surface area contributed by atoms with E-state index in [1.165, 1.54) is 12.8 Å². The second kappa shape index (κ2) is 5.70. The maximum Gasteiger partial charge on any atom is 0.216 e. The molecule has 4 nitrogen and oxygen atoms in total. The van der Waals surface area contributed by atoms with Gasteiger partial charge in [0.25, 0.3) is 0 Å². The second-order valence-electron chi connectivity index (χ2n) is 3.85. The zero-order valence-corrected chi connectivity index (χ0v) is 9.61. The molecule has 1 fully saturated rings. The predicted molar refractivity (Wildman–Crippen MR) is 61.9 cm³/mol. The van der Waals surface area contributed by atoms with E-state index in [0.29, 0.717) is 31.0 Å². The Morgan fingerprint density at radius 2 is 2.19 bits per heavy atom. The summed E-state index contributed by atoms with van der Waals surface area (Å²) < 4.78 is 10.9. The molecule has 0 aliphatic carbocycles. The van der Waals surface area contributed by atoms with Gasteiger partial charge in [-0.1, -0.05) is 6.07 Å². The molecule has 1 aromatic heterocycles. The average Bonchev–Trinajstić information content (AvgIpc) is 2.80. The molecule has 2 rings (SSSR count). The maximum absolute atomic E-state index is 5.62. The fraction of sp³-hybridized carbons (Fsp3) is 0.583. The van der Waals surface area contributed by atoms with Crippen molar-refractivity contribution in [2.24, 2.45) is 0 Å². The Balaban J connectivity index is 1.85. The third-order valence-corrected chi connectivity index (χ3v) is 2.58. The van der Waals surface area contributed by atoms with E-state index in [-0.39, 0.29) is 0 Å². The van der Waals surface area contributed by atoms with Crippen LogP contribution < -0.4 is 14.8 Å². The highest BCUT2D eigenvalue weighted by atomic mass is 16.5. The van der Waals surface area contributed by atoms with Crippen LogP contribution >= 0.6 is 0 Å². The van der Waals surface area contributed by atoms with Crippen LogP contribution in [-0.2, 0) is 0 Å². The van der Waals surface area contributed by atoms with Gasteiger partial charge < -0.3 is 14.8 Å². The molecule has 1 saturated heterocycles. The summed E-state index contributed by atoms with van der Waals surface area (Å²) in [4.78, 5) is 4.25. The maximum atomic E-state index is 5.62. The summed E-state index contributed by atoms with van der Waals surface area (Å²) >= 11 is 0. The minimum atomic E-state index is 0.470. The van der Waals surface area contributed by atoms with Crippen LogP contribution in [0.2, 0.25) is 0 Å². The van der Waals surface area contributed by atoms with Gasteiger partial charge in [0.05, 0.1) is 6.61 Å². The Bertz CT molecular complexity index is 325.